The highest BCUT2D eigenvalue weighted by molar-refractivity contribution is 5.72. The molecule has 0 radical (unpaired) electrons. The Bertz CT molecular complexity index is 1010. The number of ether oxygens (including phenoxy) is 3. The fourth-order valence-corrected chi connectivity index (χ4v) is 3.70. The van der Waals surface area contributed by atoms with Crippen LogP contribution in [-0.4, -0.2) is 50.4 Å². The number of aromatic nitrogens is 4. The van der Waals surface area contributed by atoms with Crippen LogP contribution in [0.3, 0.4) is 0 Å². The number of nitrogen functional groups attached to an aromatic ring is 1. The predicted octanol–water partition coefficient (Wildman–Crippen LogP) is 0.367. The van der Waals surface area contributed by atoms with Crippen molar-refractivity contribution in [3.8, 4) is 0 Å². The minimum atomic E-state index is -0.932. The summed E-state index contributed by atoms with van der Waals surface area (Å²) in [5, 5.41) is 0. The molecule has 1 aliphatic heterocycles. The Morgan fingerprint density at radius 3 is 2.79 bits per heavy atom. The molecule has 1 aliphatic carbocycles. The van der Waals surface area contributed by atoms with Gasteiger partial charge in [0.05, 0.1) is 25.8 Å². The highest BCUT2D eigenvalue weighted by Crippen LogP contribution is 2.35. The van der Waals surface area contributed by atoms with E-state index in [0.717, 1.165) is 12.8 Å². The fourth-order valence-electron chi connectivity index (χ4n) is 3.70. The van der Waals surface area contributed by atoms with Crippen LogP contribution in [0.25, 0.3) is 11.2 Å². The second kappa shape index (κ2) is 7.47. The molecule has 2 aromatic rings. The topological polar surface area (TPSA) is 141 Å². The third kappa shape index (κ3) is 3.82. The Balaban J connectivity index is 1.77. The Morgan fingerprint density at radius 1 is 1.38 bits per heavy atom. The number of hydrogen-bond acceptors (Lipinski definition) is 9. The molecule has 4 rings (SSSR count). The first-order valence-electron chi connectivity index (χ1n) is 9.50. The Kier molecular flexibility index (Phi) is 4.99. The molecule has 0 aromatic carbocycles. The van der Waals surface area contributed by atoms with Gasteiger partial charge in [0.1, 0.15) is 11.6 Å². The van der Waals surface area contributed by atoms with E-state index < -0.39 is 30.4 Å². The molecular formula is C18H23N5O6. The normalized spacial score (nSPS) is 24.0. The first-order valence-corrected chi connectivity index (χ1v) is 9.50. The predicted molar refractivity (Wildman–Crippen MR) is 99.6 cm³/mol. The van der Waals surface area contributed by atoms with E-state index in [1.54, 1.807) is 4.57 Å². The van der Waals surface area contributed by atoms with Gasteiger partial charge < -0.3 is 19.9 Å². The van der Waals surface area contributed by atoms with E-state index >= 15 is 0 Å². The summed E-state index contributed by atoms with van der Waals surface area (Å²) in [6.45, 7) is 1.83. The minimum absolute atomic E-state index is 0.0165. The van der Waals surface area contributed by atoms with E-state index in [4.69, 9.17) is 19.9 Å². The molecule has 2 N–H and O–H groups in total. The van der Waals surface area contributed by atoms with Crippen molar-refractivity contribution < 1.29 is 23.8 Å². The van der Waals surface area contributed by atoms with Gasteiger partial charge in [0, 0.05) is 19.9 Å². The first-order chi connectivity index (χ1) is 13.9. The third-order valence-electron chi connectivity index (χ3n) is 5.20. The second-order valence-corrected chi connectivity index (χ2v) is 7.46. The number of fused-ring (bicyclic) bond motifs is 1. The van der Waals surface area contributed by atoms with Crippen LogP contribution in [0, 0.1) is 5.92 Å². The van der Waals surface area contributed by atoms with Crippen molar-refractivity contribution in [2.75, 3.05) is 12.8 Å². The molecule has 0 spiro atoms. The molecule has 0 amide bonds. The van der Waals surface area contributed by atoms with E-state index in [9.17, 15) is 14.4 Å². The molecule has 156 valence electrons. The van der Waals surface area contributed by atoms with E-state index in [1.165, 1.54) is 24.8 Å². The maximum atomic E-state index is 13.3. The summed E-state index contributed by atoms with van der Waals surface area (Å²) in [7, 11) is 1.29. The SMILES string of the molecule is COC(=O)C[C@@H]1C[C@@H](OC(C)=O)[C@H](n2c(=O)n(CC3CC3)c3cnc(N)nc32)O1. The molecule has 2 fully saturated rings. The van der Waals surface area contributed by atoms with E-state index in [-0.39, 0.29) is 24.5 Å². The zero-order valence-electron chi connectivity index (χ0n) is 16.2. The number of hydrogen-bond donors (Lipinski definition) is 1. The zero-order chi connectivity index (χ0) is 20.7. The average molecular weight is 405 g/mol. The minimum Gasteiger partial charge on any atom is -0.469 e. The molecule has 1 saturated heterocycles. The number of anilines is 1. The summed E-state index contributed by atoms with van der Waals surface area (Å²) in [6.07, 6.45) is 1.62. The lowest BCUT2D eigenvalue weighted by Crippen LogP contribution is -2.34. The van der Waals surface area contributed by atoms with Crippen molar-refractivity contribution in [3.63, 3.8) is 0 Å². The van der Waals surface area contributed by atoms with Gasteiger partial charge in [-0.15, -0.1) is 0 Å². The van der Waals surface area contributed by atoms with Gasteiger partial charge >= 0.3 is 17.6 Å². The van der Waals surface area contributed by atoms with Gasteiger partial charge in [0.25, 0.3) is 0 Å². The van der Waals surface area contributed by atoms with Crippen LogP contribution >= 0.6 is 0 Å². The van der Waals surface area contributed by atoms with Crippen LogP contribution in [0.2, 0.25) is 0 Å². The van der Waals surface area contributed by atoms with Crippen molar-refractivity contribution in [1.82, 2.24) is 19.1 Å². The molecule has 2 aliphatic rings. The van der Waals surface area contributed by atoms with Gasteiger partial charge in [-0.1, -0.05) is 0 Å². The molecule has 3 heterocycles. The second-order valence-electron chi connectivity index (χ2n) is 7.46. The summed E-state index contributed by atoms with van der Waals surface area (Å²) in [4.78, 5) is 44.8. The van der Waals surface area contributed by atoms with Gasteiger partial charge in [-0.05, 0) is 18.8 Å². The lowest BCUT2D eigenvalue weighted by molar-refractivity contribution is -0.153. The number of carbonyl (C=O) groups is 2. The van der Waals surface area contributed by atoms with Gasteiger partial charge in [-0.25, -0.2) is 14.3 Å². The molecule has 3 atom stereocenters. The van der Waals surface area contributed by atoms with Crippen LogP contribution in [-0.2, 0) is 30.3 Å². The Hall–Kier alpha value is -2.95. The molecule has 1 saturated carbocycles. The quantitative estimate of drug-likeness (QED) is 0.675. The van der Waals surface area contributed by atoms with Crippen LogP contribution < -0.4 is 11.4 Å². The van der Waals surface area contributed by atoms with E-state index in [1.807, 2.05) is 0 Å². The first kappa shape index (κ1) is 19.4. The number of imidazole rings is 1. The number of rotatable bonds is 6. The van der Waals surface area contributed by atoms with Crippen LogP contribution in [0.5, 0.6) is 0 Å². The molecule has 11 nitrogen and oxygen atoms in total. The van der Waals surface area contributed by atoms with Crippen LogP contribution in [0.4, 0.5) is 5.95 Å². The standard InChI is InChI=1S/C18H23N5O6/c1-9(24)28-13-5-11(6-14(25)27-2)29-16(13)23-15-12(7-20-17(19)21-15)22(18(23)26)8-10-3-4-10/h7,10-11,13,16H,3-6,8H2,1-2H3,(H2,19,20,21)/t11-,13+,16+/m0/s1. The highest BCUT2D eigenvalue weighted by atomic mass is 16.6. The number of carbonyl (C=O) groups excluding carboxylic acids is 2. The molecular weight excluding hydrogens is 382 g/mol. The molecule has 11 heteroatoms. The van der Waals surface area contributed by atoms with Crippen LogP contribution in [0.1, 0.15) is 38.8 Å². The van der Waals surface area contributed by atoms with Crippen molar-refractivity contribution in [3.05, 3.63) is 16.7 Å². The Labute approximate surface area is 165 Å². The number of nitrogens with zero attached hydrogens (tertiary/aromatic N) is 4. The molecule has 0 bridgehead atoms. The Morgan fingerprint density at radius 2 is 2.14 bits per heavy atom. The van der Waals surface area contributed by atoms with Gasteiger partial charge in [0.15, 0.2) is 11.9 Å². The van der Waals surface area contributed by atoms with Gasteiger partial charge in [-0.3, -0.25) is 14.2 Å². The summed E-state index contributed by atoms with van der Waals surface area (Å²) in [5.74, 6) is -0.508. The van der Waals surface area contributed by atoms with Gasteiger partial charge in [-0.2, -0.15) is 4.98 Å². The number of nitrogens with two attached hydrogens (primary N) is 1. The zero-order valence-corrected chi connectivity index (χ0v) is 16.2. The summed E-state index contributed by atoms with van der Waals surface area (Å²) in [5.41, 5.74) is 6.27. The maximum absolute atomic E-state index is 13.3. The molecule has 29 heavy (non-hydrogen) atoms. The summed E-state index contributed by atoms with van der Waals surface area (Å²) >= 11 is 0. The monoisotopic (exact) mass is 405 g/mol. The average Bonchev–Trinajstić information content (AvgIpc) is 3.35. The molecule has 0 unspecified atom stereocenters. The highest BCUT2D eigenvalue weighted by Gasteiger charge is 2.42. The number of methoxy groups -OCH3 is 1. The maximum Gasteiger partial charge on any atom is 0.332 e. The lowest BCUT2D eigenvalue weighted by atomic mass is 10.1. The lowest BCUT2D eigenvalue weighted by Gasteiger charge is -2.19. The van der Waals surface area contributed by atoms with Crippen molar-refractivity contribution in [2.24, 2.45) is 5.92 Å². The van der Waals surface area contributed by atoms with Crippen molar-refractivity contribution in [1.29, 1.82) is 0 Å². The van der Waals surface area contributed by atoms with Crippen molar-refractivity contribution >= 4 is 29.1 Å². The van der Waals surface area contributed by atoms with E-state index in [0.29, 0.717) is 23.6 Å². The summed E-state index contributed by atoms with van der Waals surface area (Å²) in [6, 6.07) is 0. The van der Waals surface area contributed by atoms with Crippen molar-refractivity contribution in [2.45, 2.75) is 57.6 Å². The summed E-state index contributed by atoms with van der Waals surface area (Å²) < 4.78 is 19.0. The van der Waals surface area contributed by atoms with E-state index in [2.05, 4.69) is 9.97 Å². The third-order valence-corrected chi connectivity index (χ3v) is 5.20. The fraction of sp³-hybridized carbons (Fsp3) is 0.611. The molecule has 2 aromatic heterocycles. The number of esters is 2. The van der Waals surface area contributed by atoms with Crippen LogP contribution in [0.15, 0.2) is 11.0 Å². The van der Waals surface area contributed by atoms with Gasteiger partial charge in [0.2, 0.25) is 5.95 Å². The smallest absolute Gasteiger partial charge is 0.332 e. The largest absolute Gasteiger partial charge is 0.469 e.